The first-order valence-corrected chi connectivity index (χ1v) is 21.3. The molecule has 0 unspecified atom stereocenters. The average molecular weight is 753 g/mol. The maximum Gasteiger partial charge on any atom is 0.343 e. The predicted octanol–water partition coefficient (Wildman–Crippen LogP) is 12.5. The summed E-state index contributed by atoms with van der Waals surface area (Å²) in [6.07, 6.45) is 21.9. The van der Waals surface area contributed by atoms with Crippen LogP contribution in [-0.4, -0.2) is 23.5 Å². The largest absolute Gasteiger partial charge is 0.423 e. The standard InChI is InChI=1S/C50H56O6/c1-3-5-9-27-49(29-11-7-12-30-49)37-19-15-35(16-20-37)47(53)55-39-23-25-41-43(33-39)45(51)42-26-24-40(34-44(42)46(41)52)56-48(54)36-17-21-38(22-18-36)50(28-10-6-4-2)31-13-8-14-32-50/h15-26,33-34H,3-14,27-32H2,1-2H3. The van der Waals surface area contributed by atoms with Crippen LogP contribution < -0.4 is 9.47 Å². The number of ether oxygens (including phenoxy) is 2. The fourth-order valence-electron chi connectivity index (χ4n) is 9.74. The minimum absolute atomic E-state index is 0.171. The SMILES string of the molecule is CCCCCC1(c2ccc(C(=O)Oc3ccc4c(c3)C(=O)c3ccc(OC(=O)c5ccc(C6(CCCCC)CCCCC6)cc5)cc3C4=O)cc2)CCCCC1. The summed E-state index contributed by atoms with van der Waals surface area (Å²) in [6, 6.07) is 24.8. The second-order valence-corrected chi connectivity index (χ2v) is 16.6. The molecule has 0 radical (unpaired) electrons. The lowest BCUT2D eigenvalue weighted by atomic mass is 9.66. The Balaban J connectivity index is 1.01. The van der Waals surface area contributed by atoms with Gasteiger partial charge >= 0.3 is 11.9 Å². The summed E-state index contributed by atoms with van der Waals surface area (Å²) >= 11 is 0. The van der Waals surface area contributed by atoms with Crippen molar-refractivity contribution in [2.45, 2.75) is 140 Å². The molecule has 0 saturated heterocycles. The number of unbranched alkanes of at least 4 members (excludes halogenated alkanes) is 4. The van der Waals surface area contributed by atoms with Crippen molar-refractivity contribution in [2.24, 2.45) is 0 Å². The van der Waals surface area contributed by atoms with Gasteiger partial charge in [0, 0.05) is 22.3 Å². The van der Waals surface area contributed by atoms with Gasteiger partial charge in [0.15, 0.2) is 11.6 Å². The molecule has 3 aliphatic rings. The molecule has 4 aromatic rings. The number of esters is 2. The maximum absolute atomic E-state index is 13.7. The van der Waals surface area contributed by atoms with Gasteiger partial charge in [-0.2, -0.15) is 0 Å². The normalized spacial score (nSPS) is 17.1. The quantitative estimate of drug-likeness (QED) is 0.0638. The van der Waals surface area contributed by atoms with Crippen LogP contribution >= 0.6 is 0 Å². The number of rotatable bonds is 14. The van der Waals surface area contributed by atoms with Crippen molar-refractivity contribution in [3.63, 3.8) is 0 Å². The first kappa shape index (κ1) is 39.4. The Labute approximate surface area is 332 Å². The number of ketones is 2. The van der Waals surface area contributed by atoms with Crippen LogP contribution in [0.2, 0.25) is 0 Å². The minimum atomic E-state index is -0.517. The van der Waals surface area contributed by atoms with E-state index in [0.717, 1.165) is 0 Å². The molecule has 2 saturated carbocycles. The van der Waals surface area contributed by atoms with Gasteiger partial charge < -0.3 is 9.47 Å². The van der Waals surface area contributed by atoms with E-state index in [-0.39, 0.29) is 56.1 Å². The van der Waals surface area contributed by atoms with Crippen molar-refractivity contribution in [1.29, 1.82) is 0 Å². The van der Waals surface area contributed by atoms with E-state index in [1.807, 2.05) is 24.3 Å². The Morgan fingerprint density at radius 3 is 1.21 bits per heavy atom. The fraction of sp³-hybridized carbons (Fsp3) is 0.440. The van der Waals surface area contributed by atoms with Gasteiger partial charge in [0.05, 0.1) is 11.1 Å². The summed E-state index contributed by atoms with van der Waals surface area (Å²) in [5.41, 5.74) is 4.59. The van der Waals surface area contributed by atoms with Gasteiger partial charge in [-0.15, -0.1) is 0 Å². The third-order valence-electron chi connectivity index (χ3n) is 13.0. The van der Waals surface area contributed by atoms with E-state index < -0.39 is 11.9 Å². The van der Waals surface area contributed by atoms with Crippen molar-refractivity contribution in [3.05, 3.63) is 129 Å². The summed E-state index contributed by atoms with van der Waals surface area (Å²) in [5, 5.41) is 0. The van der Waals surface area contributed by atoms with Crippen LogP contribution in [0.5, 0.6) is 11.5 Å². The second kappa shape index (κ2) is 17.5. The lowest BCUT2D eigenvalue weighted by Gasteiger charge is -2.38. The lowest BCUT2D eigenvalue weighted by molar-refractivity contribution is 0.0724. The molecule has 6 nitrogen and oxygen atoms in total. The number of benzene rings is 4. The van der Waals surface area contributed by atoms with Crippen molar-refractivity contribution in [2.75, 3.05) is 0 Å². The summed E-state index contributed by atoms with van der Waals surface area (Å²) in [7, 11) is 0. The summed E-state index contributed by atoms with van der Waals surface area (Å²) in [6.45, 7) is 4.47. The van der Waals surface area contributed by atoms with Gasteiger partial charge in [0.2, 0.25) is 0 Å². The molecule has 6 heteroatoms. The molecule has 0 N–H and O–H groups in total. The molecular formula is C50H56O6. The molecule has 0 amide bonds. The van der Waals surface area contributed by atoms with Gasteiger partial charge in [-0.05, 0) is 121 Å². The number of carbonyl (C=O) groups excluding carboxylic acids is 4. The predicted molar refractivity (Wildman–Crippen MR) is 220 cm³/mol. The zero-order valence-electron chi connectivity index (χ0n) is 33.3. The number of fused-ring (bicyclic) bond motifs is 2. The summed E-state index contributed by atoms with van der Waals surface area (Å²) in [4.78, 5) is 53.9. The molecule has 0 atom stereocenters. The molecular weight excluding hydrogens is 697 g/mol. The zero-order valence-corrected chi connectivity index (χ0v) is 33.3. The molecule has 0 heterocycles. The van der Waals surface area contributed by atoms with E-state index >= 15 is 0 Å². The van der Waals surface area contributed by atoms with Crippen molar-refractivity contribution in [3.8, 4) is 11.5 Å². The van der Waals surface area contributed by atoms with Crippen LogP contribution in [0.1, 0.15) is 193 Å². The molecule has 0 bridgehead atoms. The molecule has 7 rings (SSSR count). The molecule has 4 aromatic carbocycles. The molecule has 2 fully saturated rings. The van der Waals surface area contributed by atoms with E-state index in [2.05, 4.69) is 38.1 Å². The van der Waals surface area contributed by atoms with E-state index in [0.29, 0.717) is 11.1 Å². The Kier molecular flexibility index (Phi) is 12.3. The van der Waals surface area contributed by atoms with Gasteiger partial charge in [0.1, 0.15) is 11.5 Å². The fourth-order valence-corrected chi connectivity index (χ4v) is 9.74. The minimum Gasteiger partial charge on any atom is -0.423 e. The van der Waals surface area contributed by atoms with Crippen LogP contribution in [0.15, 0.2) is 84.9 Å². The molecule has 0 aromatic heterocycles. The second-order valence-electron chi connectivity index (χ2n) is 16.6. The van der Waals surface area contributed by atoms with Gasteiger partial charge in [0.25, 0.3) is 0 Å². The monoisotopic (exact) mass is 752 g/mol. The lowest BCUT2D eigenvalue weighted by Crippen LogP contribution is -2.29. The Morgan fingerprint density at radius 2 is 0.857 bits per heavy atom. The average Bonchev–Trinajstić information content (AvgIpc) is 3.24. The smallest absolute Gasteiger partial charge is 0.343 e. The zero-order chi connectivity index (χ0) is 39.1. The highest BCUT2D eigenvalue weighted by molar-refractivity contribution is 6.28. The first-order valence-electron chi connectivity index (χ1n) is 21.3. The first-order chi connectivity index (χ1) is 27.3. The van der Waals surface area contributed by atoms with E-state index in [1.165, 1.54) is 151 Å². The molecule has 0 aliphatic heterocycles. The van der Waals surface area contributed by atoms with Crippen LogP contribution in [0.3, 0.4) is 0 Å². The number of hydrogen-bond acceptors (Lipinski definition) is 6. The third kappa shape index (κ3) is 8.31. The van der Waals surface area contributed by atoms with Crippen LogP contribution in [-0.2, 0) is 10.8 Å². The summed E-state index contributed by atoms with van der Waals surface area (Å²) in [5.74, 6) is -1.37. The third-order valence-corrected chi connectivity index (χ3v) is 13.0. The highest BCUT2D eigenvalue weighted by Crippen LogP contribution is 2.45. The Hall–Kier alpha value is -4.84. The van der Waals surface area contributed by atoms with Gasteiger partial charge in [-0.25, -0.2) is 9.59 Å². The maximum atomic E-state index is 13.7. The molecule has 3 aliphatic carbocycles. The molecule has 292 valence electrons. The molecule has 0 spiro atoms. The molecule has 56 heavy (non-hydrogen) atoms. The van der Waals surface area contributed by atoms with E-state index in [9.17, 15) is 19.2 Å². The number of hydrogen-bond donors (Lipinski definition) is 0. The van der Waals surface area contributed by atoms with Crippen molar-refractivity contribution in [1.82, 2.24) is 0 Å². The Morgan fingerprint density at radius 1 is 0.482 bits per heavy atom. The van der Waals surface area contributed by atoms with E-state index in [4.69, 9.17) is 9.47 Å². The van der Waals surface area contributed by atoms with Gasteiger partial charge in [-0.1, -0.05) is 115 Å². The topological polar surface area (TPSA) is 86.7 Å². The van der Waals surface area contributed by atoms with Crippen LogP contribution in [0.4, 0.5) is 0 Å². The Bertz CT molecular complexity index is 1900. The number of carbonyl (C=O) groups is 4. The van der Waals surface area contributed by atoms with E-state index in [1.54, 1.807) is 12.1 Å². The van der Waals surface area contributed by atoms with Crippen LogP contribution in [0.25, 0.3) is 0 Å². The van der Waals surface area contributed by atoms with Gasteiger partial charge in [-0.3, -0.25) is 9.59 Å². The van der Waals surface area contributed by atoms with Crippen LogP contribution in [0, 0.1) is 0 Å². The summed E-state index contributed by atoms with van der Waals surface area (Å²) < 4.78 is 11.5. The van der Waals surface area contributed by atoms with Crippen molar-refractivity contribution >= 4 is 23.5 Å². The highest BCUT2D eigenvalue weighted by atomic mass is 16.5. The highest BCUT2D eigenvalue weighted by Gasteiger charge is 2.35. The van der Waals surface area contributed by atoms with Crippen molar-refractivity contribution < 1.29 is 28.7 Å².